The Morgan fingerprint density at radius 1 is 0.962 bits per heavy atom. The van der Waals surface area contributed by atoms with Crippen molar-refractivity contribution < 1.29 is 4.57 Å². The zero-order chi connectivity index (χ0) is 18.4. The first-order chi connectivity index (χ1) is 12.7. The lowest BCUT2D eigenvalue weighted by atomic mass is 10.1. The molecule has 0 saturated carbocycles. The number of hydrogen-bond acceptors (Lipinski definition) is 2. The smallest absolute Gasteiger partial charge is 0.300 e. The van der Waals surface area contributed by atoms with E-state index in [9.17, 15) is 0 Å². The third-order valence-corrected chi connectivity index (χ3v) is 5.92. The minimum Gasteiger partial charge on any atom is -0.300 e. The molecule has 0 unspecified atom stereocenters. The quantitative estimate of drug-likeness (QED) is 0.543. The number of aromatic amines is 1. The van der Waals surface area contributed by atoms with Crippen molar-refractivity contribution >= 4 is 22.8 Å². The van der Waals surface area contributed by atoms with E-state index >= 15 is 0 Å². The lowest BCUT2D eigenvalue weighted by Crippen LogP contribution is -2.41. The molecule has 2 aromatic carbocycles. The molecule has 0 saturated heterocycles. The molecular weight excluding hydrogens is 338 g/mol. The van der Waals surface area contributed by atoms with Crippen molar-refractivity contribution in [3.63, 3.8) is 0 Å². The van der Waals surface area contributed by atoms with Gasteiger partial charge in [0.25, 0.3) is 0 Å². The van der Waals surface area contributed by atoms with Crippen LogP contribution in [0.2, 0.25) is 0 Å². The number of aromatic nitrogens is 2. The summed E-state index contributed by atoms with van der Waals surface area (Å²) in [6.45, 7) is 11.0. The summed E-state index contributed by atoms with van der Waals surface area (Å²) >= 11 is 1.82. The molecule has 0 bridgehead atoms. The van der Waals surface area contributed by atoms with Crippen molar-refractivity contribution in [2.75, 3.05) is 19.6 Å². The third kappa shape index (κ3) is 4.49. The van der Waals surface area contributed by atoms with Crippen molar-refractivity contribution in [2.45, 2.75) is 50.2 Å². The molecule has 0 radical (unpaired) electrons. The molecule has 4 heteroatoms. The van der Waals surface area contributed by atoms with Crippen LogP contribution < -0.4 is 4.57 Å². The Morgan fingerprint density at radius 2 is 1.69 bits per heavy atom. The van der Waals surface area contributed by atoms with E-state index < -0.39 is 0 Å². The van der Waals surface area contributed by atoms with Crippen LogP contribution in [-0.2, 0) is 13.0 Å². The Hall–Kier alpha value is -1.78. The third-order valence-electron chi connectivity index (χ3n) is 4.89. The van der Waals surface area contributed by atoms with Crippen LogP contribution >= 0.6 is 11.8 Å². The van der Waals surface area contributed by atoms with E-state index in [1.165, 1.54) is 33.1 Å². The van der Waals surface area contributed by atoms with Gasteiger partial charge in [-0.1, -0.05) is 51.5 Å². The molecule has 0 aliphatic carbocycles. The Labute approximate surface area is 161 Å². The molecule has 3 rings (SSSR count). The average molecular weight is 369 g/mol. The molecular formula is C22H30N3S+. The second kappa shape index (κ2) is 9.24. The van der Waals surface area contributed by atoms with Gasteiger partial charge in [0.1, 0.15) is 6.54 Å². The summed E-state index contributed by atoms with van der Waals surface area (Å²) in [5.74, 6) is 0. The van der Waals surface area contributed by atoms with Gasteiger partial charge in [-0.05, 0) is 61.1 Å². The molecule has 138 valence electrons. The fraction of sp³-hybridized carbons (Fsp3) is 0.409. The molecule has 3 nitrogen and oxygen atoms in total. The van der Waals surface area contributed by atoms with Crippen LogP contribution in [0.3, 0.4) is 0 Å². The van der Waals surface area contributed by atoms with Crippen LogP contribution in [0, 0.1) is 0 Å². The summed E-state index contributed by atoms with van der Waals surface area (Å²) in [4.78, 5) is 7.38. The Bertz CT molecular complexity index is 819. The van der Waals surface area contributed by atoms with Crippen LogP contribution in [0.4, 0.5) is 0 Å². The number of para-hydroxylation sites is 2. The molecule has 26 heavy (non-hydrogen) atoms. The standard InChI is InChI=1S/C22H29N3S/c1-4-9-18-12-14-19(15-13-18)26-22-23-20-10-7-8-11-21(20)25(22)17-16-24(5-2)6-3/h7-8,10-15H,4-6,9,16-17H2,1-3H3/p+1. The van der Waals surface area contributed by atoms with E-state index in [-0.39, 0.29) is 0 Å². The monoisotopic (exact) mass is 368 g/mol. The molecule has 1 N–H and O–H groups in total. The van der Waals surface area contributed by atoms with Gasteiger partial charge in [0.15, 0.2) is 11.0 Å². The Kier molecular flexibility index (Phi) is 6.75. The van der Waals surface area contributed by atoms with Crippen LogP contribution in [0.1, 0.15) is 32.8 Å². The van der Waals surface area contributed by atoms with Crippen LogP contribution in [0.25, 0.3) is 11.0 Å². The molecule has 1 heterocycles. The number of rotatable bonds is 9. The van der Waals surface area contributed by atoms with Gasteiger partial charge in [-0.3, -0.25) is 4.90 Å². The first-order valence-corrected chi connectivity index (χ1v) is 10.6. The van der Waals surface area contributed by atoms with Gasteiger partial charge >= 0.3 is 5.16 Å². The van der Waals surface area contributed by atoms with Gasteiger partial charge in [-0.15, -0.1) is 0 Å². The molecule has 3 aromatic rings. The fourth-order valence-electron chi connectivity index (χ4n) is 3.32. The first kappa shape index (κ1) is 19.0. The topological polar surface area (TPSA) is 22.9 Å². The zero-order valence-electron chi connectivity index (χ0n) is 16.2. The number of imidazole rings is 1. The summed E-state index contributed by atoms with van der Waals surface area (Å²) in [5.41, 5.74) is 3.91. The second-order valence-electron chi connectivity index (χ2n) is 6.62. The van der Waals surface area contributed by atoms with Crippen molar-refractivity contribution in [1.29, 1.82) is 0 Å². The normalized spacial score (nSPS) is 11.5. The van der Waals surface area contributed by atoms with Gasteiger partial charge in [-0.25, -0.2) is 9.55 Å². The lowest BCUT2D eigenvalue weighted by molar-refractivity contribution is -0.708. The summed E-state index contributed by atoms with van der Waals surface area (Å²) < 4.78 is 2.43. The summed E-state index contributed by atoms with van der Waals surface area (Å²) in [7, 11) is 0. The zero-order valence-corrected chi connectivity index (χ0v) is 17.0. The minimum atomic E-state index is 1.00. The highest BCUT2D eigenvalue weighted by molar-refractivity contribution is 7.99. The van der Waals surface area contributed by atoms with E-state index in [1.807, 2.05) is 11.8 Å². The first-order valence-electron chi connectivity index (χ1n) is 9.74. The summed E-state index contributed by atoms with van der Waals surface area (Å²) in [5, 5.41) is 1.21. The Balaban J connectivity index is 1.85. The van der Waals surface area contributed by atoms with Gasteiger partial charge in [0, 0.05) is 11.4 Å². The number of hydrogen-bond donors (Lipinski definition) is 1. The number of nitrogens with zero attached hydrogens (tertiary/aromatic N) is 2. The molecule has 0 atom stereocenters. The largest absolute Gasteiger partial charge is 0.321 e. The van der Waals surface area contributed by atoms with Crippen LogP contribution in [-0.4, -0.2) is 29.5 Å². The number of fused-ring (bicyclic) bond motifs is 1. The summed E-state index contributed by atoms with van der Waals surface area (Å²) in [6, 6.07) is 17.6. The van der Waals surface area contributed by atoms with Crippen molar-refractivity contribution in [3.8, 4) is 0 Å². The highest BCUT2D eigenvalue weighted by atomic mass is 32.2. The van der Waals surface area contributed by atoms with E-state index in [1.54, 1.807) is 0 Å². The van der Waals surface area contributed by atoms with Gasteiger partial charge in [0.2, 0.25) is 0 Å². The Morgan fingerprint density at radius 3 is 2.38 bits per heavy atom. The number of aryl methyl sites for hydroxylation is 1. The summed E-state index contributed by atoms with van der Waals surface area (Å²) in [6.07, 6.45) is 2.35. The van der Waals surface area contributed by atoms with Crippen LogP contribution in [0.15, 0.2) is 58.6 Å². The highest BCUT2D eigenvalue weighted by Crippen LogP contribution is 2.26. The van der Waals surface area contributed by atoms with E-state index in [4.69, 9.17) is 0 Å². The predicted molar refractivity (Wildman–Crippen MR) is 111 cm³/mol. The molecule has 0 spiro atoms. The number of nitrogens with one attached hydrogen (secondary N) is 1. The number of likely N-dealkylation sites (N-methyl/N-ethyl adjacent to an activating group) is 1. The van der Waals surface area contributed by atoms with Gasteiger partial charge in [-0.2, -0.15) is 0 Å². The van der Waals surface area contributed by atoms with E-state index in [0.717, 1.165) is 32.6 Å². The predicted octanol–water partition coefficient (Wildman–Crippen LogP) is 4.90. The lowest BCUT2D eigenvalue weighted by Gasteiger charge is -2.16. The highest BCUT2D eigenvalue weighted by Gasteiger charge is 2.19. The maximum atomic E-state index is 3.62. The van der Waals surface area contributed by atoms with Crippen LogP contribution in [0.5, 0.6) is 0 Å². The van der Waals surface area contributed by atoms with E-state index in [0.29, 0.717) is 0 Å². The van der Waals surface area contributed by atoms with Crippen molar-refractivity contribution in [2.24, 2.45) is 0 Å². The van der Waals surface area contributed by atoms with Gasteiger partial charge < -0.3 is 0 Å². The molecule has 0 aliphatic rings. The molecule has 0 aliphatic heterocycles. The number of benzene rings is 2. The van der Waals surface area contributed by atoms with E-state index in [2.05, 4.69) is 83.8 Å². The maximum Gasteiger partial charge on any atom is 0.321 e. The molecule has 0 amide bonds. The average Bonchev–Trinajstić information content (AvgIpc) is 3.02. The fourth-order valence-corrected chi connectivity index (χ4v) is 4.27. The molecule has 0 fully saturated rings. The van der Waals surface area contributed by atoms with Crippen molar-refractivity contribution in [1.82, 2.24) is 9.88 Å². The van der Waals surface area contributed by atoms with Gasteiger partial charge in [0.05, 0.1) is 0 Å². The minimum absolute atomic E-state index is 1.00. The molecule has 1 aromatic heterocycles. The SMILES string of the molecule is CCCc1ccc(Sc2[nH]c3ccccc3[n+]2CCN(CC)CC)cc1. The number of H-pyrrole nitrogens is 1. The van der Waals surface area contributed by atoms with Crippen molar-refractivity contribution in [3.05, 3.63) is 54.1 Å². The maximum absolute atomic E-state index is 3.62. The second-order valence-corrected chi connectivity index (χ2v) is 7.68.